The summed E-state index contributed by atoms with van der Waals surface area (Å²) in [6, 6.07) is 5.42. The largest absolute Gasteiger partial charge is 0.375 e. The molecule has 1 atom stereocenters. The normalized spacial score (nSPS) is 17.5. The predicted molar refractivity (Wildman–Crippen MR) is 99.8 cm³/mol. The van der Waals surface area contributed by atoms with Gasteiger partial charge in [0, 0.05) is 35.8 Å². The fourth-order valence-corrected chi connectivity index (χ4v) is 3.26. The highest BCUT2D eigenvalue weighted by Gasteiger charge is 2.22. The van der Waals surface area contributed by atoms with Gasteiger partial charge in [0.15, 0.2) is 5.65 Å². The number of aryl methyl sites for hydroxylation is 2. The second-order valence-corrected chi connectivity index (χ2v) is 6.89. The van der Waals surface area contributed by atoms with E-state index in [1.807, 2.05) is 31.7 Å². The van der Waals surface area contributed by atoms with E-state index in [2.05, 4.69) is 15.0 Å². The van der Waals surface area contributed by atoms with Crippen LogP contribution in [0.2, 0.25) is 0 Å². The number of pyridine rings is 1. The van der Waals surface area contributed by atoms with E-state index in [1.54, 1.807) is 0 Å². The van der Waals surface area contributed by atoms with E-state index in [1.165, 1.54) is 12.1 Å². The minimum Gasteiger partial charge on any atom is -0.375 e. The highest BCUT2D eigenvalue weighted by molar-refractivity contribution is 5.92. The Morgan fingerprint density at radius 2 is 1.93 bits per heavy atom. The van der Waals surface area contributed by atoms with E-state index in [-0.39, 0.29) is 11.7 Å². The molecule has 0 amide bonds. The molecule has 1 fully saturated rings. The van der Waals surface area contributed by atoms with Crippen molar-refractivity contribution in [1.29, 1.82) is 0 Å². The summed E-state index contributed by atoms with van der Waals surface area (Å²) in [6.45, 7) is 7.69. The molecule has 0 radical (unpaired) electrons. The predicted octanol–water partition coefficient (Wildman–Crippen LogP) is 3.81. The van der Waals surface area contributed by atoms with Gasteiger partial charge >= 0.3 is 0 Å². The molecule has 5 nitrogen and oxygen atoms in total. The summed E-state index contributed by atoms with van der Waals surface area (Å²) in [6.07, 6.45) is 0.0526. The number of anilines is 1. The number of nitrogens with zero attached hydrogens (tertiary/aromatic N) is 4. The maximum absolute atomic E-state index is 14.5. The summed E-state index contributed by atoms with van der Waals surface area (Å²) in [4.78, 5) is 15.9. The Hall–Kier alpha value is -2.67. The molecular formula is C20H20F2N4O. The summed E-state index contributed by atoms with van der Waals surface area (Å²) in [5.74, 6) is -0.802. The number of rotatable bonds is 2. The van der Waals surface area contributed by atoms with Crippen molar-refractivity contribution in [3.63, 3.8) is 0 Å². The second-order valence-electron chi connectivity index (χ2n) is 6.89. The molecule has 27 heavy (non-hydrogen) atoms. The molecule has 0 N–H and O–H groups in total. The highest BCUT2D eigenvalue weighted by atomic mass is 19.1. The van der Waals surface area contributed by atoms with Gasteiger partial charge in [-0.25, -0.2) is 18.7 Å². The fraction of sp³-hybridized carbons (Fsp3) is 0.350. The Kier molecular flexibility index (Phi) is 4.47. The van der Waals surface area contributed by atoms with E-state index < -0.39 is 11.6 Å². The summed E-state index contributed by atoms with van der Waals surface area (Å²) in [5.41, 5.74) is 2.97. The van der Waals surface area contributed by atoms with E-state index >= 15 is 0 Å². The highest BCUT2D eigenvalue weighted by Crippen LogP contribution is 2.31. The van der Waals surface area contributed by atoms with Gasteiger partial charge in [0.2, 0.25) is 5.95 Å². The quantitative estimate of drug-likeness (QED) is 0.687. The van der Waals surface area contributed by atoms with Gasteiger partial charge in [0.25, 0.3) is 0 Å². The van der Waals surface area contributed by atoms with E-state index in [0.717, 1.165) is 17.3 Å². The van der Waals surface area contributed by atoms with Crippen LogP contribution in [0.15, 0.2) is 24.3 Å². The first-order valence-electron chi connectivity index (χ1n) is 8.90. The molecule has 0 unspecified atom stereocenters. The number of ether oxygens (including phenoxy) is 1. The molecule has 1 aliphatic rings. The fourth-order valence-electron chi connectivity index (χ4n) is 3.26. The smallest absolute Gasteiger partial charge is 0.228 e. The van der Waals surface area contributed by atoms with Gasteiger partial charge in [0.05, 0.1) is 18.4 Å². The topological polar surface area (TPSA) is 51.1 Å². The van der Waals surface area contributed by atoms with Crippen molar-refractivity contribution < 1.29 is 13.5 Å². The number of halogens is 2. The Balaban J connectivity index is 1.95. The molecule has 2 aromatic heterocycles. The molecule has 0 saturated carbocycles. The molecule has 1 saturated heterocycles. The monoisotopic (exact) mass is 370 g/mol. The zero-order chi connectivity index (χ0) is 19.1. The van der Waals surface area contributed by atoms with Crippen LogP contribution in [0, 0.1) is 25.5 Å². The van der Waals surface area contributed by atoms with Gasteiger partial charge in [-0.2, -0.15) is 4.98 Å². The maximum atomic E-state index is 14.5. The number of hydrogen-bond acceptors (Lipinski definition) is 5. The van der Waals surface area contributed by atoms with Crippen LogP contribution in [0.3, 0.4) is 0 Å². The van der Waals surface area contributed by atoms with Crippen LogP contribution in [0.25, 0.3) is 22.3 Å². The van der Waals surface area contributed by atoms with Crippen molar-refractivity contribution in [2.45, 2.75) is 26.9 Å². The molecule has 140 valence electrons. The number of morpholine rings is 1. The Bertz CT molecular complexity index is 1020. The van der Waals surface area contributed by atoms with Gasteiger partial charge in [-0.1, -0.05) is 0 Å². The minimum absolute atomic E-state index is 0.0526. The molecule has 0 spiro atoms. The zero-order valence-corrected chi connectivity index (χ0v) is 15.5. The van der Waals surface area contributed by atoms with Gasteiger partial charge < -0.3 is 9.64 Å². The Morgan fingerprint density at radius 1 is 1.11 bits per heavy atom. The summed E-state index contributed by atoms with van der Waals surface area (Å²) < 4.78 is 33.5. The Labute approximate surface area is 156 Å². The van der Waals surface area contributed by atoms with E-state index in [0.29, 0.717) is 42.4 Å². The van der Waals surface area contributed by atoms with Crippen molar-refractivity contribution in [2.75, 3.05) is 24.6 Å². The van der Waals surface area contributed by atoms with Gasteiger partial charge in [-0.15, -0.1) is 0 Å². The molecule has 3 aromatic rings. The third-order valence-electron chi connectivity index (χ3n) is 4.83. The molecule has 1 aliphatic heterocycles. The number of fused-ring (bicyclic) bond motifs is 1. The standard InChI is InChI=1S/C20H20F2N4O/c1-11-8-16-18(15-5-4-14(21)9-17(15)22)24-20(25-19(16)23-13(11)3)26-6-7-27-12(2)10-26/h4-5,8-9,12H,6-7,10H2,1-3H3/t12-/m0/s1. The minimum atomic E-state index is -0.658. The lowest BCUT2D eigenvalue weighted by atomic mass is 10.1. The van der Waals surface area contributed by atoms with E-state index in [9.17, 15) is 8.78 Å². The van der Waals surface area contributed by atoms with E-state index in [4.69, 9.17) is 4.74 Å². The van der Waals surface area contributed by atoms with Crippen molar-refractivity contribution in [3.05, 3.63) is 47.2 Å². The molecule has 1 aromatic carbocycles. The first kappa shape index (κ1) is 17.7. The summed E-state index contributed by atoms with van der Waals surface area (Å²) >= 11 is 0. The van der Waals surface area contributed by atoms with Crippen LogP contribution < -0.4 is 4.90 Å². The molecule has 4 rings (SSSR count). The van der Waals surface area contributed by atoms with Crippen LogP contribution in [-0.4, -0.2) is 40.8 Å². The molecule has 0 bridgehead atoms. The average molecular weight is 370 g/mol. The average Bonchev–Trinajstić information content (AvgIpc) is 2.62. The second kappa shape index (κ2) is 6.81. The third-order valence-corrected chi connectivity index (χ3v) is 4.83. The number of benzene rings is 1. The van der Waals surface area contributed by atoms with Crippen LogP contribution in [0.4, 0.5) is 14.7 Å². The van der Waals surface area contributed by atoms with Crippen molar-refractivity contribution in [1.82, 2.24) is 15.0 Å². The van der Waals surface area contributed by atoms with Crippen LogP contribution in [0.5, 0.6) is 0 Å². The number of aromatic nitrogens is 3. The van der Waals surface area contributed by atoms with Crippen LogP contribution in [-0.2, 0) is 4.74 Å². The number of hydrogen-bond donors (Lipinski definition) is 0. The van der Waals surface area contributed by atoms with Crippen LogP contribution in [0.1, 0.15) is 18.2 Å². The molecule has 0 aliphatic carbocycles. The SMILES string of the molecule is Cc1cc2c(-c3ccc(F)cc3F)nc(N3CCO[C@@H](C)C3)nc2nc1C. The first-order chi connectivity index (χ1) is 12.9. The maximum Gasteiger partial charge on any atom is 0.228 e. The van der Waals surface area contributed by atoms with Gasteiger partial charge in [0.1, 0.15) is 11.6 Å². The molecular weight excluding hydrogens is 350 g/mol. The van der Waals surface area contributed by atoms with Gasteiger partial charge in [-0.3, -0.25) is 0 Å². The molecule has 3 heterocycles. The first-order valence-corrected chi connectivity index (χ1v) is 8.90. The summed E-state index contributed by atoms with van der Waals surface area (Å²) in [7, 11) is 0. The lowest BCUT2D eigenvalue weighted by Crippen LogP contribution is -2.42. The zero-order valence-electron chi connectivity index (χ0n) is 15.5. The van der Waals surface area contributed by atoms with Gasteiger partial charge in [-0.05, 0) is 44.5 Å². The van der Waals surface area contributed by atoms with Crippen molar-refractivity contribution in [3.8, 4) is 11.3 Å². The van der Waals surface area contributed by atoms with Crippen LogP contribution >= 0.6 is 0 Å². The summed E-state index contributed by atoms with van der Waals surface area (Å²) in [5, 5.41) is 0.647. The Morgan fingerprint density at radius 3 is 2.67 bits per heavy atom. The molecule has 7 heteroatoms. The lowest BCUT2D eigenvalue weighted by Gasteiger charge is -2.31. The lowest BCUT2D eigenvalue weighted by molar-refractivity contribution is 0.0526. The van der Waals surface area contributed by atoms with Crippen molar-refractivity contribution >= 4 is 17.0 Å². The third kappa shape index (κ3) is 3.35. The van der Waals surface area contributed by atoms with Crippen molar-refractivity contribution in [2.24, 2.45) is 0 Å².